The smallest absolute Gasteiger partial charge is 0.262 e. The minimum atomic E-state index is -0.652. The van der Waals surface area contributed by atoms with Crippen LogP contribution in [0.2, 0.25) is 0 Å². The maximum atomic E-state index is 12.7. The van der Waals surface area contributed by atoms with Crippen molar-refractivity contribution in [2.75, 3.05) is 23.7 Å². The molecule has 0 spiro atoms. The van der Waals surface area contributed by atoms with Crippen LogP contribution in [0.15, 0.2) is 29.1 Å². The summed E-state index contributed by atoms with van der Waals surface area (Å²) in [6.45, 7) is 3.25. The number of nitrogens with zero attached hydrogens (tertiary/aromatic N) is 2. The number of piperidine rings is 1. The van der Waals surface area contributed by atoms with Gasteiger partial charge in [-0.15, -0.1) is 0 Å². The summed E-state index contributed by atoms with van der Waals surface area (Å²) in [6, 6.07) is 6.35. The molecule has 2 aliphatic rings. The molecule has 2 aliphatic heterocycles. The van der Waals surface area contributed by atoms with E-state index in [1.807, 2.05) is 6.07 Å². The van der Waals surface area contributed by atoms with E-state index in [0.717, 1.165) is 42.3 Å². The van der Waals surface area contributed by atoms with Crippen molar-refractivity contribution in [2.45, 2.75) is 26.2 Å². The molecule has 3 N–H and O–H groups in total. The molecule has 0 unspecified atom stereocenters. The quantitative estimate of drug-likeness (QED) is 0.616. The summed E-state index contributed by atoms with van der Waals surface area (Å²) in [7, 11) is 0. The van der Waals surface area contributed by atoms with Crippen LogP contribution in [0, 0.1) is 0 Å². The first kappa shape index (κ1) is 18.0. The third kappa shape index (κ3) is 2.77. The highest BCUT2D eigenvalue weighted by Crippen LogP contribution is 2.28. The topological polar surface area (TPSA) is 114 Å². The zero-order valence-corrected chi connectivity index (χ0v) is 15.4. The molecular formula is C20H20N4O4. The number of carbonyl (C=O) groups excluding carboxylic acids is 3. The second kappa shape index (κ2) is 6.63. The van der Waals surface area contributed by atoms with Crippen molar-refractivity contribution in [2.24, 2.45) is 0 Å². The van der Waals surface area contributed by atoms with Crippen LogP contribution in [0.25, 0.3) is 5.69 Å². The predicted molar refractivity (Wildman–Crippen MR) is 104 cm³/mol. The van der Waals surface area contributed by atoms with Crippen LogP contribution in [0.4, 0.5) is 11.5 Å². The number of carbonyl (C=O) groups is 3. The number of pyridine rings is 1. The zero-order chi connectivity index (χ0) is 20.0. The van der Waals surface area contributed by atoms with Gasteiger partial charge < -0.3 is 10.6 Å². The molecule has 0 saturated carbocycles. The van der Waals surface area contributed by atoms with E-state index in [1.165, 1.54) is 13.3 Å². The molecule has 4 rings (SSSR count). The van der Waals surface area contributed by atoms with Gasteiger partial charge in [-0.3, -0.25) is 29.1 Å². The Labute approximate surface area is 160 Å². The van der Waals surface area contributed by atoms with Crippen LogP contribution in [-0.4, -0.2) is 35.3 Å². The SMILES string of the molecule is CC(=O)c1cc(N2CCCCC2)ccc1-n1c(N)c2c(cc1=O)C(=O)NC2=O. The zero-order valence-electron chi connectivity index (χ0n) is 15.4. The number of amides is 2. The third-order valence-corrected chi connectivity index (χ3v) is 5.27. The van der Waals surface area contributed by atoms with E-state index in [0.29, 0.717) is 11.3 Å². The van der Waals surface area contributed by atoms with Crippen LogP contribution in [0.5, 0.6) is 0 Å². The molecule has 0 atom stereocenters. The van der Waals surface area contributed by atoms with Gasteiger partial charge in [-0.25, -0.2) is 0 Å². The van der Waals surface area contributed by atoms with E-state index in [9.17, 15) is 19.2 Å². The van der Waals surface area contributed by atoms with Gasteiger partial charge in [-0.2, -0.15) is 0 Å². The lowest BCUT2D eigenvalue weighted by atomic mass is 10.0. The van der Waals surface area contributed by atoms with Gasteiger partial charge in [-0.05, 0) is 44.4 Å². The van der Waals surface area contributed by atoms with Crippen molar-refractivity contribution < 1.29 is 14.4 Å². The number of benzene rings is 1. The fraction of sp³-hybridized carbons (Fsp3) is 0.300. The Hall–Kier alpha value is -3.42. The van der Waals surface area contributed by atoms with Gasteiger partial charge in [0.05, 0.1) is 16.8 Å². The van der Waals surface area contributed by atoms with Crippen LogP contribution < -0.4 is 21.5 Å². The summed E-state index contributed by atoms with van der Waals surface area (Å²) in [6.07, 6.45) is 3.38. The number of rotatable bonds is 3. The summed E-state index contributed by atoms with van der Waals surface area (Å²) < 4.78 is 1.12. The van der Waals surface area contributed by atoms with Crippen LogP contribution in [0.3, 0.4) is 0 Å². The number of fused-ring (bicyclic) bond motifs is 1. The normalized spacial score (nSPS) is 16.1. The van der Waals surface area contributed by atoms with Crippen molar-refractivity contribution in [3.05, 3.63) is 51.3 Å². The highest BCUT2D eigenvalue weighted by atomic mass is 16.2. The average Bonchev–Trinajstić information content (AvgIpc) is 2.96. The molecule has 2 aromatic rings. The first-order valence-corrected chi connectivity index (χ1v) is 9.20. The first-order valence-electron chi connectivity index (χ1n) is 9.20. The summed E-state index contributed by atoms with van der Waals surface area (Å²) in [4.78, 5) is 51.1. The Morgan fingerprint density at radius 2 is 1.75 bits per heavy atom. The molecule has 1 fully saturated rings. The fourth-order valence-corrected chi connectivity index (χ4v) is 3.88. The molecule has 3 heterocycles. The standard InChI is InChI=1S/C20H20N4O4/c1-11(25)13-9-12(23-7-3-2-4-8-23)5-6-15(13)24-16(26)10-14-17(18(24)21)20(28)22-19(14)27/h5-6,9-10H,2-4,7-8,21H2,1H3,(H,22,27,28). The summed E-state index contributed by atoms with van der Waals surface area (Å²) in [5, 5.41) is 2.13. The second-order valence-corrected chi connectivity index (χ2v) is 7.08. The molecule has 144 valence electrons. The van der Waals surface area contributed by atoms with Gasteiger partial charge in [0.1, 0.15) is 5.82 Å². The van der Waals surface area contributed by atoms with Gasteiger partial charge in [0.15, 0.2) is 5.78 Å². The Kier molecular flexibility index (Phi) is 4.26. The Balaban J connectivity index is 1.89. The molecule has 0 bridgehead atoms. The Morgan fingerprint density at radius 3 is 2.43 bits per heavy atom. The Bertz CT molecular complexity index is 1080. The maximum Gasteiger partial charge on any atom is 0.262 e. The van der Waals surface area contributed by atoms with Crippen molar-refractivity contribution >= 4 is 29.1 Å². The van der Waals surface area contributed by atoms with Crippen molar-refractivity contribution in [3.8, 4) is 5.69 Å². The summed E-state index contributed by atoms with van der Waals surface area (Å²) in [5.74, 6) is -1.68. The number of nitrogens with two attached hydrogens (primary N) is 1. The number of anilines is 2. The van der Waals surface area contributed by atoms with Gasteiger partial charge >= 0.3 is 0 Å². The highest BCUT2D eigenvalue weighted by Gasteiger charge is 2.32. The molecular weight excluding hydrogens is 360 g/mol. The number of ketones is 1. The number of aromatic nitrogens is 1. The minimum Gasteiger partial charge on any atom is -0.384 e. The number of imide groups is 1. The molecule has 1 aromatic heterocycles. The fourth-order valence-electron chi connectivity index (χ4n) is 3.88. The lowest BCUT2D eigenvalue weighted by molar-refractivity contribution is 0.0879. The minimum absolute atomic E-state index is 0.0424. The van der Waals surface area contributed by atoms with Gasteiger partial charge in [0, 0.05) is 30.4 Å². The molecule has 2 amide bonds. The molecule has 28 heavy (non-hydrogen) atoms. The second-order valence-electron chi connectivity index (χ2n) is 7.08. The molecule has 0 radical (unpaired) electrons. The molecule has 1 aromatic carbocycles. The third-order valence-electron chi connectivity index (χ3n) is 5.27. The van der Waals surface area contributed by atoms with Crippen LogP contribution in [-0.2, 0) is 0 Å². The van der Waals surface area contributed by atoms with Crippen molar-refractivity contribution in [1.29, 1.82) is 0 Å². The van der Waals surface area contributed by atoms with Gasteiger partial charge in [-0.1, -0.05) is 0 Å². The molecule has 8 heteroatoms. The van der Waals surface area contributed by atoms with E-state index in [4.69, 9.17) is 5.73 Å². The maximum absolute atomic E-state index is 12.7. The largest absolute Gasteiger partial charge is 0.384 e. The molecule has 8 nitrogen and oxygen atoms in total. The highest BCUT2D eigenvalue weighted by molar-refractivity contribution is 6.23. The first-order chi connectivity index (χ1) is 13.4. The van der Waals surface area contributed by atoms with E-state index < -0.39 is 17.4 Å². The van der Waals surface area contributed by atoms with Gasteiger partial charge in [0.2, 0.25) is 0 Å². The van der Waals surface area contributed by atoms with E-state index in [-0.39, 0.29) is 22.7 Å². The number of Topliss-reactive ketones (excluding diaryl/α,β-unsaturated/α-hetero) is 1. The van der Waals surface area contributed by atoms with Crippen molar-refractivity contribution in [1.82, 2.24) is 9.88 Å². The van der Waals surface area contributed by atoms with E-state index in [2.05, 4.69) is 10.2 Å². The molecule has 1 saturated heterocycles. The number of hydrogen-bond donors (Lipinski definition) is 2. The molecule has 0 aliphatic carbocycles. The summed E-state index contributed by atoms with van der Waals surface area (Å²) >= 11 is 0. The van der Waals surface area contributed by atoms with Crippen molar-refractivity contribution in [3.63, 3.8) is 0 Å². The average molecular weight is 380 g/mol. The van der Waals surface area contributed by atoms with Crippen LogP contribution >= 0.6 is 0 Å². The van der Waals surface area contributed by atoms with E-state index in [1.54, 1.807) is 12.1 Å². The lowest BCUT2D eigenvalue weighted by Crippen LogP contribution is -2.30. The Morgan fingerprint density at radius 1 is 1.04 bits per heavy atom. The predicted octanol–water partition coefficient (Wildman–Crippen LogP) is 1.50. The van der Waals surface area contributed by atoms with E-state index >= 15 is 0 Å². The van der Waals surface area contributed by atoms with Crippen LogP contribution in [0.1, 0.15) is 57.3 Å². The monoisotopic (exact) mass is 380 g/mol. The lowest BCUT2D eigenvalue weighted by Gasteiger charge is -2.29. The summed E-state index contributed by atoms with van der Waals surface area (Å²) in [5.41, 5.74) is 6.98. The van der Waals surface area contributed by atoms with Gasteiger partial charge in [0.25, 0.3) is 17.4 Å². The number of nitrogens with one attached hydrogen (secondary N) is 1. The number of hydrogen-bond acceptors (Lipinski definition) is 6. The number of nitrogen functional groups attached to an aromatic ring is 1.